The summed E-state index contributed by atoms with van der Waals surface area (Å²) in [5.41, 5.74) is 10.2. The molecule has 354 valence electrons. The van der Waals surface area contributed by atoms with E-state index < -0.39 is 11.9 Å². The lowest BCUT2D eigenvalue weighted by Gasteiger charge is -2.20. The molecule has 1 unspecified atom stereocenters. The zero-order valence-corrected chi connectivity index (χ0v) is 41.4. The third-order valence-electron chi connectivity index (χ3n) is 15.0. The smallest absolute Gasteiger partial charge is 0.321 e. The molecule has 3 aromatic rings. The van der Waals surface area contributed by atoms with Gasteiger partial charge in [0.15, 0.2) is 12.1 Å². The maximum atomic E-state index is 14.4. The Morgan fingerprint density at radius 3 is 1.95 bits per heavy atom. The van der Waals surface area contributed by atoms with Gasteiger partial charge in [-0.2, -0.15) is 0 Å². The van der Waals surface area contributed by atoms with Crippen molar-refractivity contribution < 1.29 is 28.7 Å². The number of ether oxygens (including phenoxy) is 2. The molecule has 0 saturated carbocycles. The van der Waals surface area contributed by atoms with E-state index in [9.17, 15) is 19.2 Å². The Balaban J connectivity index is 1.20. The normalized spacial score (nSPS) is 22.1. The number of aldehydes is 1. The Morgan fingerprint density at radius 1 is 0.754 bits per heavy atom. The van der Waals surface area contributed by atoms with Crippen LogP contribution in [0.25, 0.3) is 23.8 Å². The highest BCUT2D eigenvalue weighted by molar-refractivity contribution is 6.24. The van der Waals surface area contributed by atoms with Crippen molar-refractivity contribution in [3.8, 4) is 0 Å². The number of aromatic amines is 3. The van der Waals surface area contributed by atoms with Crippen molar-refractivity contribution in [2.75, 3.05) is 13.7 Å². The molecule has 2 aliphatic heterocycles. The summed E-state index contributed by atoms with van der Waals surface area (Å²) >= 11 is 0. The van der Waals surface area contributed by atoms with Crippen LogP contribution < -0.4 is 16.0 Å². The number of hydrogen-bond acceptors (Lipinski definition) is 7. The number of allylic oxidation sites excluding steroid dienone is 2. The molecule has 6 atom stereocenters. The average Bonchev–Trinajstić information content (AvgIpc) is 4.02. The highest BCUT2D eigenvalue weighted by Gasteiger charge is 2.48. The van der Waals surface area contributed by atoms with E-state index in [4.69, 9.17) is 9.47 Å². The van der Waals surface area contributed by atoms with Crippen LogP contribution in [-0.4, -0.2) is 52.7 Å². The molecule has 5 heterocycles. The lowest BCUT2D eigenvalue weighted by Crippen LogP contribution is -2.25. The summed E-state index contributed by atoms with van der Waals surface area (Å²) in [6.45, 7) is 22.4. The summed E-state index contributed by atoms with van der Waals surface area (Å²) in [6, 6.07) is 0. The van der Waals surface area contributed by atoms with Gasteiger partial charge in [0, 0.05) is 68.8 Å². The number of fused-ring (bicyclic) bond motifs is 7. The predicted octanol–water partition coefficient (Wildman–Crippen LogP) is 10.6. The molecule has 10 heteroatoms. The lowest BCUT2D eigenvalue weighted by molar-refractivity contribution is -0.144. The van der Waals surface area contributed by atoms with Crippen molar-refractivity contribution in [3.05, 3.63) is 78.2 Å². The van der Waals surface area contributed by atoms with Gasteiger partial charge in [-0.3, -0.25) is 19.2 Å². The molecular weight excluding hydrogens is 813 g/mol. The molecule has 0 spiro atoms. The van der Waals surface area contributed by atoms with Gasteiger partial charge in [-0.05, 0) is 104 Å². The number of methoxy groups -OCH3 is 1. The quantitative estimate of drug-likeness (QED) is 0.0446. The molecule has 1 fully saturated rings. The highest BCUT2D eigenvalue weighted by atomic mass is 16.5. The van der Waals surface area contributed by atoms with E-state index >= 15 is 0 Å². The second-order valence-electron chi connectivity index (χ2n) is 20.2. The predicted molar refractivity (Wildman–Crippen MR) is 262 cm³/mol. The Hall–Kier alpha value is -4.86. The number of Topliss-reactive ketones (excluding diaryl/α,β-unsaturated/α-hetero) is 1. The number of ketones is 1. The van der Waals surface area contributed by atoms with E-state index in [0.29, 0.717) is 64.4 Å². The SMILES string of the molecule is CCc1c2[nH]c(c1C)/C=C1\N/C(=C3\c4[nH]c(c(C)c4C(=O)[C@@H]3C(=O)OC)/C=c3\[nH]/c(c(C=O)c3CC)=C\2)[C@@H](CCC(=O)OCCC(C)CCC[C@H](C)CCC[C@H](C)CCCC(C)C)[C@@H]1C. The molecular formula is C55H78N4O6. The van der Waals surface area contributed by atoms with Crippen molar-refractivity contribution in [3.63, 3.8) is 0 Å². The third-order valence-corrected chi connectivity index (χ3v) is 15.0. The topological polar surface area (TPSA) is 146 Å². The number of esters is 2. The fourth-order valence-electron chi connectivity index (χ4n) is 10.8. The average molecular weight is 891 g/mol. The Morgan fingerprint density at radius 2 is 1.35 bits per heavy atom. The monoisotopic (exact) mass is 891 g/mol. The van der Waals surface area contributed by atoms with Crippen LogP contribution in [0.4, 0.5) is 0 Å². The number of hydrogen-bond donors (Lipinski definition) is 4. The summed E-state index contributed by atoms with van der Waals surface area (Å²) in [5, 5.41) is 5.19. The number of carbonyl (C=O) groups is 4. The van der Waals surface area contributed by atoms with Crippen molar-refractivity contribution in [1.29, 1.82) is 0 Å². The van der Waals surface area contributed by atoms with Crippen LogP contribution in [0, 0.1) is 55.3 Å². The van der Waals surface area contributed by atoms with Gasteiger partial charge >= 0.3 is 11.9 Å². The van der Waals surface area contributed by atoms with Crippen LogP contribution in [-0.2, 0) is 31.9 Å². The van der Waals surface area contributed by atoms with E-state index in [1.54, 1.807) is 0 Å². The van der Waals surface area contributed by atoms with Crippen LogP contribution >= 0.6 is 0 Å². The second kappa shape index (κ2) is 22.1. The molecule has 4 N–H and O–H groups in total. The van der Waals surface area contributed by atoms with Crippen LogP contribution in [0.5, 0.6) is 0 Å². The van der Waals surface area contributed by atoms with E-state index in [1.807, 2.05) is 26.0 Å². The molecule has 65 heavy (non-hydrogen) atoms. The highest BCUT2D eigenvalue weighted by Crippen LogP contribution is 2.48. The van der Waals surface area contributed by atoms with Gasteiger partial charge in [0.05, 0.1) is 24.8 Å². The first-order valence-electron chi connectivity index (χ1n) is 25.0. The van der Waals surface area contributed by atoms with Gasteiger partial charge in [0.25, 0.3) is 0 Å². The number of rotatable bonds is 22. The number of carbonyl (C=O) groups excluding carboxylic acids is 4. The lowest BCUT2D eigenvalue weighted by atomic mass is 9.85. The van der Waals surface area contributed by atoms with Gasteiger partial charge in [0.2, 0.25) is 0 Å². The maximum Gasteiger partial charge on any atom is 0.321 e. The standard InChI is InChI=1S/C55H78N4O6/c1-12-38-35(8)42-27-43-36(9)40(23-24-48(61)65-26-25-34(7)22-16-21-33(6)20-15-19-32(5)18-14-17-31(3)4)52(58-43)50-51(55(63)64-11)54(62)49-37(10)44(59-53(49)50)28-46-39(13-2)41(30-60)47(57-46)29-45(38)56-42/h27-34,36,40,51,56-59H,12-26H2,1-11H3/b43-27-,46-28-,47-29-,52-50-/t32-,33-,34?,36+,40+,51-/m1/s1. The van der Waals surface area contributed by atoms with Gasteiger partial charge in [-0.25, -0.2) is 0 Å². The molecule has 10 nitrogen and oxygen atoms in total. The summed E-state index contributed by atoms with van der Waals surface area (Å²) < 4.78 is 11.2. The largest absolute Gasteiger partial charge is 0.468 e. The van der Waals surface area contributed by atoms with Crippen molar-refractivity contribution in [2.24, 2.45) is 41.4 Å². The Kier molecular flexibility index (Phi) is 16.8. The number of aromatic nitrogens is 3. The van der Waals surface area contributed by atoms with Crippen molar-refractivity contribution in [1.82, 2.24) is 20.3 Å². The fourth-order valence-corrected chi connectivity index (χ4v) is 10.8. The van der Waals surface area contributed by atoms with Gasteiger partial charge in [-0.15, -0.1) is 0 Å². The molecule has 0 aromatic carbocycles. The minimum atomic E-state index is -1.17. The Labute approximate surface area is 388 Å². The van der Waals surface area contributed by atoms with E-state index in [0.717, 1.165) is 88.1 Å². The minimum absolute atomic E-state index is 0.0967. The molecule has 1 aliphatic carbocycles. The van der Waals surface area contributed by atoms with Crippen LogP contribution in [0.15, 0.2) is 11.4 Å². The molecule has 1 saturated heterocycles. The third kappa shape index (κ3) is 11.1. The van der Waals surface area contributed by atoms with E-state index in [1.165, 1.54) is 58.5 Å². The zero-order chi connectivity index (χ0) is 47.1. The maximum absolute atomic E-state index is 14.4. The number of nitrogens with one attached hydrogen (secondary N) is 4. The fraction of sp³-hybridized carbons (Fsp3) is 0.600. The molecule has 0 amide bonds. The van der Waals surface area contributed by atoms with Crippen molar-refractivity contribution >= 4 is 47.8 Å². The summed E-state index contributed by atoms with van der Waals surface area (Å²) in [4.78, 5) is 64.9. The summed E-state index contributed by atoms with van der Waals surface area (Å²) in [5.74, 6) is 0.162. The first kappa shape index (κ1) is 49.6. The first-order chi connectivity index (χ1) is 31.1. The van der Waals surface area contributed by atoms with Crippen molar-refractivity contribution in [2.45, 2.75) is 159 Å². The van der Waals surface area contributed by atoms with Gasteiger partial charge in [0.1, 0.15) is 5.92 Å². The molecule has 8 bridgehead atoms. The van der Waals surface area contributed by atoms with Gasteiger partial charge < -0.3 is 29.7 Å². The Bertz CT molecular complexity index is 2400. The summed E-state index contributed by atoms with van der Waals surface area (Å²) in [7, 11) is 1.31. The molecule has 0 radical (unpaired) electrons. The van der Waals surface area contributed by atoms with Crippen LogP contribution in [0.3, 0.4) is 0 Å². The van der Waals surface area contributed by atoms with Crippen LogP contribution in [0.2, 0.25) is 0 Å². The van der Waals surface area contributed by atoms with Crippen LogP contribution in [0.1, 0.15) is 198 Å². The molecule has 3 aromatic heterocycles. The molecule has 6 rings (SSSR count). The number of H-pyrrole nitrogens is 3. The zero-order valence-electron chi connectivity index (χ0n) is 41.4. The first-order valence-corrected chi connectivity index (χ1v) is 25.0. The van der Waals surface area contributed by atoms with E-state index in [2.05, 4.69) is 81.7 Å². The van der Waals surface area contributed by atoms with E-state index in [-0.39, 0.29) is 30.0 Å². The summed E-state index contributed by atoms with van der Waals surface area (Å²) in [6.07, 6.45) is 21.5. The van der Waals surface area contributed by atoms with Gasteiger partial charge in [-0.1, -0.05) is 113 Å². The molecule has 3 aliphatic rings. The second-order valence-corrected chi connectivity index (χ2v) is 20.2. The minimum Gasteiger partial charge on any atom is -0.468 e.